The summed E-state index contributed by atoms with van der Waals surface area (Å²) in [7, 11) is 0. The Hall–Kier alpha value is -0.370. The van der Waals surface area contributed by atoms with Crippen LogP contribution in [-0.4, -0.2) is 17.0 Å². The van der Waals surface area contributed by atoms with Gasteiger partial charge in [0.15, 0.2) is 0 Å². The van der Waals surface area contributed by atoms with Crippen molar-refractivity contribution in [1.82, 2.24) is 0 Å². The first kappa shape index (κ1) is 5.76. The zero-order chi connectivity index (χ0) is 6.36. The summed E-state index contributed by atoms with van der Waals surface area (Å²) in [6, 6.07) is 0. The highest BCUT2D eigenvalue weighted by molar-refractivity contribution is 5.91. The molecule has 0 aromatic carbocycles. The van der Waals surface area contributed by atoms with Crippen LogP contribution in [0.25, 0.3) is 0 Å². The van der Waals surface area contributed by atoms with Crippen LogP contribution in [0.3, 0.4) is 0 Å². The zero-order valence-corrected chi connectivity index (χ0v) is 5.14. The maximum Gasteiger partial charge on any atom is 0.143 e. The quantitative estimate of drug-likeness (QED) is 0.493. The SMILES string of the molecule is CC1(C)C(=O)CC1O. The molecule has 2 nitrogen and oxygen atoms in total. The summed E-state index contributed by atoms with van der Waals surface area (Å²) < 4.78 is 0. The molecule has 0 aromatic rings. The summed E-state index contributed by atoms with van der Waals surface area (Å²) in [6.07, 6.45) is -0.0394. The Morgan fingerprint density at radius 2 is 2.25 bits per heavy atom. The third-order valence-electron chi connectivity index (χ3n) is 1.93. The van der Waals surface area contributed by atoms with E-state index < -0.39 is 11.5 Å². The van der Waals surface area contributed by atoms with Gasteiger partial charge in [0.05, 0.1) is 6.10 Å². The van der Waals surface area contributed by atoms with E-state index in [2.05, 4.69) is 0 Å². The molecule has 1 saturated carbocycles. The highest BCUT2D eigenvalue weighted by Gasteiger charge is 2.45. The fourth-order valence-electron chi connectivity index (χ4n) is 0.749. The van der Waals surface area contributed by atoms with Crippen molar-refractivity contribution < 1.29 is 9.90 Å². The molecule has 0 saturated heterocycles. The lowest BCUT2D eigenvalue weighted by molar-refractivity contribution is -0.150. The average Bonchev–Trinajstić information content (AvgIpc) is 1.68. The van der Waals surface area contributed by atoms with Crippen LogP contribution in [0.2, 0.25) is 0 Å². The fourth-order valence-corrected chi connectivity index (χ4v) is 0.749. The van der Waals surface area contributed by atoms with Gasteiger partial charge in [-0.1, -0.05) is 13.8 Å². The fraction of sp³-hybridized carbons (Fsp3) is 0.833. The maximum absolute atomic E-state index is 10.6. The van der Waals surface area contributed by atoms with Crippen LogP contribution in [0.1, 0.15) is 20.3 Å². The minimum Gasteiger partial charge on any atom is -0.392 e. The topological polar surface area (TPSA) is 37.3 Å². The van der Waals surface area contributed by atoms with Crippen LogP contribution in [0.15, 0.2) is 0 Å². The molecule has 0 amide bonds. The Morgan fingerprint density at radius 1 is 1.75 bits per heavy atom. The van der Waals surface area contributed by atoms with Crippen molar-refractivity contribution in [2.45, 2.75) is 26.4 Å². The Bertz CT molecular complexity index is 126. The molecule has 0 aromatic heterocycles. The van der Waals surface area contributed by atoms with Crippen LogP contribution < -0.4 is 0 Å². The van der Waals surface area contributed by atoms with Crippen LogP contribution >= 0.6 is 0 Å². The molecule has 8 heavy (non-hydrogen) atoms. The molecule has 1 aliphatic rings. The minimum atomic E-state index is -0.444. The first-order chi connectivity index (χ1) is 3.55. The van der Waals surface area contributed by atoms with E-state index in [0.29, 0.717) is 6.42 Å². The summed E-state index contributed by atoms with van der Waals surface area (Å²) in [5.41, 5.74) is -0.444. The normalized spacial score (nSPS) is 34.4. The van der Waals surface area contributed by atoms with Crippen molar-refractivity contribution in [2.75, 3.05) is 0 Å². The lowest BCUT2D eigenvalue weighted by Gasteiger charge is -2.38. The summed E-state index contributed by atoms with van der Waals surface area (Å²) in [5.74, 6) is 0.171. The van der Waals surface area contributed by atoms with E-state index in [-0.39, 0.29) is 5.78 Å². The van der Waals surface area contributed by atoms with Crippen LogP contribution in [0.4, 0.5) is 0 Å². The molecule has 46 valence electrons. The Morgan fingerprint density at radius 3 is 2.25 bits per heavy atom. The number of hydrogen-bond acceptors (Lipinski definition) is 2. The van der Waals surface area contributed by atoms with Crippen molar-refractivity contribution in [3.8, 4) is 0 Å². The van der Waals surface area contributed by atoms with E-state index in [1.54, 1.807) is 13.8 Å². The van der Waals surface area contributed by atoms with Crippen molar-refractivity contribution in [2.24, 2.45) is 5.41 Å². The van der Waals surface area contributed by atoms with E-state index in [4.69, 9.17) is 5.11 Å². The van der Waals surface area contributed by atoms with Crippen molar-refractivity contribution in [3.05, 3.63) is 0 Å². The van der Waals surface area contributed by atoms with E-state index in [9.17, 15) is 4.79 Å². The van der Waals surface area contributed by atoms with Gasteiger partial charge < -0.3 is 5.11 Å². The predicted molar refractivity (Wildman–Crippen MR) is 29.4 cm³/mol. The number of aliphatic hydroxyl groups is 1. The van der Waals surface area contributed by atoms with E-state index >= 15 is 0 Å². The summed E-state index contributed by atoms with van der Waals surface area (Å²) in [4.78, 5) is 10.6. The number of aliphatic hydroxyl groups excluding tert-OH is 1. The maximum atomic E-state index is 10.6. The zero-order valence-electron chi connectivity index (χ0n) is 5.14. The lowest BCUT2D eigenvalue weighted by Crippen LogP contribution is -2.49. The van der Waals surface area contributed by atoms with Gasteiger partial charge >= 0.3 is 0 Å². The number of hydrogen-bond donors (Lipinski definition) is 1. The second-order valence-corrected chi connectivity index (χ2v) is 2.86. The van der Waals surface area contributed by atoms with E-state index in [1.807, 2.05) is 0 Å². The largest absolute Gasteiger partial charge is 0.392 e. The Balaban J connectivity index is 2.66. The summed E-state index contributed by atoms with van der Waals surface area (Å²) in [6.45, 7) is 3.53. The molecule has 0 aliphatic heterocycles. The summed E-state index contributed by atoms with van der Waals surface area (Å²) >= 11 is 0. The van der Waals surface area contributed by atoms with Crippen LogP contribution in [0.5, 0.6) is 0 Å². The second-order valence-electron chi connectivity index (χ2n) is 2.86. The standard InChI is InChI=1S/C6H10O2/c1-6(2)4(7)3-5(6)8/h4,7H,3H2,1-2H3. The van der Waals surface area contributed by atoms with Gasteiger partial charge in [0.1, 0.15) is 5.78 Å². The van der Waals surface area contributed by atoms with Gasteiger partial charge in [-0.25, -0.2) is 0 Å². The van der Waals surface area contributed by atoms with Gasteiger partial charge in [0, 0.05) is 11.8 Å². The van der Waals surface area contributed by atoms with E-state index in [1.165, 1.54) is 0 Å². The molecule has 0 heterocycles. The minimum absolute atomic E-state index is 0.171. The van der Waals surface area contributed by atoms with Crippen LogP contribution in [-0.2, 0) is 4.79 Å². The molecule has 1 N–H and O–H groups in total. The monoisotopic (exact) mass is 114 g/mol. The Labute approximate surface area is 48.5 Å². The van der Waals surface area contributed by atoms with Crippen molar-refractivity contribution in [3.63, 3.8) is 0 Å². The van der Waals surface area contributed by atoms with Gasteiger partial charge in [-0.05, 0) is 0 Å². The van der Waals surface area contributed by atoms with Crippen LogP contribution in [0, 0.1) is 5.41 Å². The molecule has 0 bridgehead atoms. The first-order valence-corrected chi connectivity index (χ1v) is 2.76. The molecule has 1 atom stereocenters. The van der Waals surface area contributed by atoms with Crippen molar-refractivity contribution >= 4 is 5.78 Å². The third-order valence-corrected chi connectivity index (χ3v) is 1.93. The molecule has 0 radical (unpaired) electrons. The molecular weight excluding hydrogens is 104 g/mol. The van der Waals surface area contributed by atoms with Gasteiger partial charge in [0.25, 0.3) is 0 Å². The molecule has 1 unspecified atom stereocenters. The number of Topliss-reactive ketones (excluding diaryl/α,β-unsaturated/α-hetero) is 1. The highest BCUT2D eigenvalue weighted by atomic mass is 16.3. The number of ketones is 1. The molecular formula is C6H10O2. The van der Waals surface area contributed by atoms with Crippen molar-refractivity contribution in [1.29, 1.82) is 0 Å². The molecule has 1 fully saturated rings. The Kier molecular flexibility index (Phi) is 0.949. The number of carbonyl (C=O) groups excluding carboxylic acids is 1. The average molecular weight is 114 g/mol. The first-order valence-electron chi connectivity index (χ1n) is 2.76. The second kappa shape index (κ2) is 1.32. The number of rotatable bonds is 0. The van der Waals surface area contributed by atoms with Gasteiger partial charge in [-0.2, -0.15) is 0 Å². The smallest absolute Gasteiger partial charge is 0.143 e. The molecule has 0 spiro atoms. The third kappa shape index (κ3) is 0.494. The number of carbonyl (C=O) groups is 1. The van der Waals surface area contributed by atoms with Gasteiger partial charge in [0.2, 0.25) is 0 Å². The lowest BCUT2D eigenvalue weighted by atomic mass is 9.68. The molecule has 1 rings (SSSR count). The highest BCUT2D eigenvalue weighted by Crippen LogP contribution is 2.35. The summed E-state index contributed by atoms with van der Waals surface area (Å²) in [5, 5.41) is 8.93. The predicted octanol–water partition coefficient (Wildman–Crippen LogP) is 0.346. The van der Waals surface area contributed by atoms with E-state index in [0.717, 1.165) is 0 Å². The molecule has 1 aliphatic carbocycles. The van der Waals surface area contributed by atoms with Gasteiger partial charge in [-0.15, -0.1) is 0 Å². The molecule has 2 heteroatoms. The van der Waals surface area contributed by atoms with Gasteiger partial charge in [-0.3, -0.25) is 4.79 Å².